The Morgan fingerprint density at radius 3 is 2.39 bits per heavy atom. The van der Waals surface area contributed by atoms with Gasteiger partial charge in [0.25, 0.3) is 0 Å². The highest BCUT2D eigenvalue weighted by molar-refractivity contribution is 6.30. The summed E-state index contributed by atoms with van der Waals surface area (Å²) in [5.41, 5.74) is 0.507. The van der Waals surface area contributed by atoms with Crippen LogP contribution in [0.3, 0.4) is 0 Å². The second-order valence-electron chi connectivity index (χ2n) is 4.82. The van der Waals surface area contributed by atoms with Gasteiger partial charge in [0.05, 0.1) is 11.1 Å². The van der Waals surface area contributed by atoms with Gasteiger partial charge in [-0.1, -0.05) is 50.4 Å². The lowest BCUT2D eigenvalue weighted by molar-refractivity contribution is 0.0955. The van der Waals surface area contributed by atoms with E-state index in [0.717, 1.165) is 25.7 Å². The summed E-state index contributed by atoms with van der Waals surface area (Å²) in [6.07, 6.45) is 3.91. The van der Waals surface area contributed by atoms with Crippen LogP contribution in [-0.4, -0.2) is 11.2 Å². The van der Waals surface area contributed by atoms with E-state index in [0.29, 0.717) is 12.0 Å². The van der Waals surface area contributed by atoms with E-state index in [9.17, 15) is 9.50 Å². The van der Waals surface area contributed by atoms with Crippen molar-refractivity contribution in [2.75, 3.05) is 0 Å². The average molecular weight is 273 g/mol. The third kappa shape index (κ3) is 4.25. The van der Waals surface area contributed by atoms with Gasteiger partial charge in [-0.3, -0.25) is 0 Å². The molecular formula is C15H22ClFO. The van der Waals surface area contributed by atoms with Gasteiger partial charge in [-0.25, -0.2) is 4.39 Å². The first-order chi connectivity index (χ1) is 8.60. The SMILES string of the molecule is CCCC(CCC)C(O)Cc1cccc(Cl)c1F. The largest absolute Gasteiger partial charge is 0.392 e. The lowest BCUT2D eigenvalue weighted by Gasteiger charge is -2.22. The van der Waals surface area contributed by atoms with E-state index in [4.69, 9.17) is 11.6 Å². The van der Waals surface area contributed by atoms with E-state index < -0.39 is 11.9 Å². The summed E-state index contributed by atoms with van der Waals surface area (Å²) in [6.45, 7) is 4.21. The Labute approximate surface area is 114 Å². The van der Waals surface area contributed by atoms with E-state index in [1.165, 1.54) is 6.07 Å². The molecule has 0 aromatic heterocycles. The number of hydrogen-bond acceptors (Lipinski definition) is 1. The first-order valence-electron chi connectivity index (χ1n) is 6.71. The Morgan fingerprint density at radius 2 is 1.83 bits per heavy atom. The van der Waals surface area contributed by atoms with Crippen LogP contribution in [0.25, 0.3) is 0 Å². The maximum Gasteiger partial charge on any atom is 0.145 e. The van der Waals surface area contributed by atoms with Crippen LogP contribution in [0.4, 0.5) is 4.39 Å². The van der Waals surface area contributed by atoms with E-state index in [-0.39, 0.29) is 10.9 Å². The molecule has 0 heterocycles. The minimum atomic E-state index is -0.488. The van der Waals surface area contributed by atoms with Crippen molar-refractivity contribution < 1.29 is 9.50 Å². The van der Waals surface area contributed by atoms with E-state index in [2.05, 4.69) is 13.8 Å². The summed E-state index contributed by atoms with van der Waals surface area (Å²) in [7, 11) is 0. The molecule has 0 saturated heterocycles. The first kappa shape index (κ1) is 15.5. The van der Waals surface area contributed by atoms with Crippen LogP contribution in [0, 0.1) is 11.7 Å². The third-order valence-electron chi connectivity index (χ3n) is 3.32. The van der Waals surface area contributed by atoms with Crippen molar-refractivity contribution in [2.24, 2.45) is 5.92 Å². The summed E-state index contributed by atoms with van der Waals surface area (Å²) in [5.74, 6) is -0.150. The number of aliphatic hydroxyl groups excluding tert-OH is 1. The zero-order valence-electron chi connectivity index (χ0n) is 11.1. The van der Waals surface area contributed by atoms with Crippen LogP contribution in [0.2, 0.25) is 5.02 Å². The van der Waals surface area contributed by atoms with Gasteiger partial charge >= 0.3 is 0 Å². The molecule has 0 saturated carbocycles. The van der Waals surface area contributed by atoms with Gasteiger partial charge in [-0.2, -0.15) is 0 Å². The molecule has 1 nitrogen and oxygen atoms in total. The fraction of sp³-hybridized carbons (Fsp3) is 0.600. The quantitative estimate of drug-likeness (QED) is 0.769. The first-order valence-corrected chi connectivity index (χ1v) is 7.08. The van der Waals surface area contributed by atoms with Crippen LogP contribution in [-0.2, 0) is 6.42 Å². The van der Waals surface area contributed by atoms with Crippen molar-refractivity contribution in [2.45, 2.75) is 52.1 Å². The molecule has 0 aliphatic rings. The van der Waals surface area contributed by atoms with Gasteiger partial charge in [0.2, 0.25) is 0 Å². The summed E-state index contributed by atoms with van der Waals surface area (Å²) < 4.78 is 13.8. The maximum atomic E-state index is 13.8. The van der Waals surface area contributed by atoms with Gasteiger partial charge in [0.15, 0.2) is 0 Å². The van der Waals surface area contributed by atoms with Crippen molar-refractivity contribution in [3.8, 4) is 0 Å². The Morgan fingerprint density at radius 1 is 1.22 bits per heavy atom. The Balaban J connectivity index is 2.72. The van der Waals surface area contributed by atoms with Gasteiger partial charge in [0.1, 0.15) is 5.82 Å². The van der Waals surface area contributed by atoms with Crippen LogP contribution in [0.1, 0.15) is 45.1 Å². The molecule has 1 aromatic rings. The second-order valence-corrected chi connectivity index (χ2v) is 5.23. The second kappa shape index (κ2) is 7.75. The van der Waals surface area contributed by atoms with Crippen LogP contribution in [0.15, 0.2) is 18.2 Å². The molecular weight excluding hydrogens is 251 g/mol. The predicted molar refractivity (Wildman–Crippen MR) is 74.4 cm³/mol. The summed E-state index contributed by atoms with van der Waals surface area (Å²) in [4.78, 5) is 0. The molecule has 102 valence electrons. The molecule has 0 bridgehead atoms. The molecule has 1 unspecified atom stereocenters. The zero-order chi connectivity index (χ0) is 13.5. The minimum Gasteiger partial charge on any atom is -0.392 e. The highest BCUT2D eigenvalue weighted by atomic mass is 35.5. The van der Waals surface area contributed by atoms with Gasteiger partial charge in [0, 0.05) is 6.42 Å². The molecule has 0 aliphatic heterocycles. The number of benzene rings is 1. The molecule has 0 aliphatic carbocycles. The Kier molecular flexibility index (Phi) is 6.66. The molecule has 1 N–H and O–H groups in total. The maximum absolute atomic E-state index is 13.8. The number of halogens is 2. The standard InChI is InChI=1S/C15H22ClFO/c1-3-6-11(7-4-2)14(18)10-12-8-5-9-13(16)15(12)17/h5,8-9,11,14,18H,3-4,6-7,10H2,1-2H3. The fourth-order valence-corrected chi connectivity index (χ4v) is 2.56. The topological polar surface area (TPSA) is 20.2 Å². The fourth-order valence-electron chi connectivity index (χ4n) is 2.37. The summed E-state index contributed by atoms with van der Waals surface area (Å²) in [5, 5.41) is 10.4. The zero-order valence-corrected chi connectivity index (χ0v) is 11.9. The normalized spacial score (nSPS) is 13.0. The molecule has 0 fully saturated rings. The average Bonchev–Trinajstić information content (AvgIpc) is 2.34. The molecule has 0 radical (unpaired) electrons. The van der Waals surface area contributed by atoms with E-state index >= 15 is 0 Å². The molecule has 0 amide bonds. The lowest BCUT2D eigenvalue weighted by atomic mass is 9.89. The van der Waals surface area contributed by atoms with Crippen molar-refractivity contribution in [3.63, 3.8) is 0 Å². The molecule has 3 heteroatoms. The number of hydrogen-bond donors (Lipinski definition) is 1. The van der Waals surface area contributed by atoms with Gasteiger partial charge in [-0.15, -0.1) is 0 Å². The monoisotopic (exact) mass is 272 g/mol. The predicted octanol–water partition coefficient (Wildman–Crippen LogP) is 4.60. The number of aliphatic hydroxyl groups is 1. The molecule has 1 atom stereocenters. The lowest BCUT2D eigenvalue weighted by Crippen LogP contribution is -2.23. The summed E-state index contributed by atoms with van der Waals surface area (Å²) >= 11 is 5.74. The molecule has 18 heavy (non-hydrogen) atoms. The highest BCUT2D eigenvalue weighted by Gasteiger charge is 2.19. The minimum absolute atomic E-state index is 0.127. The van der Waals surface area contributed by atoms with E-state index in [1.807, 2.05) is 0 Å². The van der Waals surface area contributed by atoms with Crippen molar-refractivity contribution >= 4 is 11.6 Å². The van der Waals surface area contributed by atoms with Crippen LogP contribution in [0.5, 0.6) is 0 Å². The smallest absolute Gasteiger partial charge is 0.145 e. The molecule has 1 rings (SSSR count). The Hall–Kier alpha value is -0.600. The molecule has 0 spiro atoms. The van der Waals surface area contributed by atoms with Crippen molar-refractivity contribution in [1.82, 2.24) is 0 Å². The van der Waals surface area contributed by atoms with Crippen LogP contribution < -0.4 is 0 Å². The van der Waals surface area contributed by atoms with Gasteiger partial charge < -0.3 is 5.11 Å². The Bertz CT molecular complexity index is 362. The summed E-state index contributed by atoms with van der Waals surface area (Å²) in [6, 6.07) is 4.95. The molecule has 1 aromatic carbocycles. The van der Waals surface area contributed by atoms with E-state index in [1.54, 1.807) is 12.1 Å². The van der Waals surface area contributed by atoms with Crippen molar-refractivity contribution in [3.05, 3.63) is 34.6 Å². The van der Waals surface area contributed by atoms with Crippen molar-refractivity contribution in [1.29, 1.82) is 0 Å². The highest BCUT2D eigenvalue weighted by Crippen LogP contribution is 2.24. The number of rotatable bonds is 7. The van der Waals surface area contributed by atoms with Gasteiger partial charge in [-0.05, 0) is 30.4 Å². The van der Waals surface area contributed by atoms with Crippen LogP contribution >= 0.6 is 11.6 Å². The third-order valence-corrected chi connectivity index (χ3v) is 3.62.